The molecule has 0 bridgehead atoms. The predicted molar refractivity (Wildman–Crippen MR) is 74.5 cm³/mol. The standard InChI is InChI=1S/C14H19N3O3/c1-10(18)15-7-8-16-14(19)17-12-6-9-20-13-5-3-2-4-11(12)13/h2-5,12H,6-9H2,1H3,(H,15,18)(H2,16,17,19)/t12-/m0/s1. The molecule has 0 unspecified atom stereocenters. The zero-order chi connectivity index (χ0) is 14.4. The summed E-state index contributed by atoms with van der Waals surface area (Å²) in [6.45, 7) is 2.86. The van der Waals surface area contributed by atoms with Crippen LogP contribution in [0.2, 0.25) is 0 Å². The molecule has 0 saturated carbocycles. The van der Waals surface area contributed by atoms with Crippen molar-refractivity contribution in [1.29, 1.82) is 0 Å². The molecule has 3 amide bonds. The first-order chi connectivity index (χ1) is 9.66. The molecule has 3 N–H and O–H groups in total. The first-order valence-electron chi connectivity index (χ1n) is 6.67. The van der Waals surface area contributed by atoms with Crippen LogP contribution in [0, 0.1) is 0 Å². The highest BCUT2D eigenvalue weighted by molar-refractivity contribution is 5.75. The fraction of sp³-hybridized carbons (Fsp3) is 0.429. The molecule has 1 heterocycles. The summed E-state index contributed by atoms with van der Waals surface area (Å²) in [5, 5.41) is 8.25. The summed E-state index contributed by atoms with van der Waals surface area (Å²) >= 11 is 0. The third kappa shape index (κ3) is 3.88. The van der Waals surface area contributed by atoms with Gasteiger partial charge in [-0.15, -0.1) is 0 Å². The zero-order valence-corrected chi connectivity index (χ0v) is 11.4. The van der Waals surface area contributed by atoms with E-state index in [1.807, 2.05) is 24.3 Å². The number of amides is 3. The lowest BCUT2D eigenvalue weighted by molar-refractivity contribution is -0.118. The number of hydrogen-bond donors (Lipinski definition) is 3. The summed E-state index contributed by atoms with van der Waals surface area (Å²) in [4.78, 5) is 22.5. The van der Waals surface area contributed by atoms with Crippen molar-refractivity contribution >= 4 is 11.9 Å². The van der Waals surface area contributed by atoms with Gasteiger partial charge >= 0.3 is 6.03 Å². The summed E-state index contributed by atoms with van der Waals surface area (Å²) in [7, 11) is 0. The van der Waals surface area contributed by atoms with Crippen molar-refractivity contribution in [1.82, 2.24) is 16.0 Å². The zero-order valence-electron chi connectivity index (χ0n) is 11.4. The van der Waals surface area contributed by atoms with E-state index in [1.54, 1.807) is 0 Å². The Balaban J connectivity index is 1.82. The second-order valence-corrected chi connectivity index (χ2v) is 4.61. The van der Waals surface area contributed by atoms with Gasteiger partial charge in [-0.1, -0.05) is 18.2 Å². The average Bonchev–Trinajstić information content (AvgIpc) is 2.44. The minimum absolute atomic E-state index is 0.0410. The molecule has 1 aromatic carbocycles. The smallest absolute Gasteiger partial charge is 0.315 e. The first-order valence-corrected chi connectivity index (χ1v) is 6.67. The quantitative estimate of drug-likeness (QED) is 0.717. The number of hydrogen-bond acceptors (Lipinski definition) is 3. The van der Waals surface area contributed by atoms with Crippen molar-refractivity contribution in [3.63, 3.8) is 0 Å². The molecular weight excluding hydrogens is 258 g/mol. The minimum Gasteiger partial charge on any atom is -0.493 e. The number of fused-ring (bicyclic) bond motifs is 1. The van der Waals surface area contributed by atoms with E-state index in [0.717, 1.165) is 17.7 Å². The van der Waals surface area contributed by atoms with Gasteiger partial charge in [-0.05, 0) is 6.07 Å². The number of rotatable bonds is 4. The van der Waals surface area contributed by atoms with Gasteiger partial charge in [0, 0.05) is 32.0 Å². The SMILES string of the molecule is CC(=O)NCCNC(=O)N[C@H]1CCOc2ccccc21. The van der Waals surface area contributed by atoms with Crippen molar-refractivity contribution in [2.45, 2.75) is 19.4 Å². The molecular formula is C14H19N3O3. The van der Waals surface area contributed by atoms with Gasteiger partial charge in [-0.2, -0.15) is 0 Å². The second kappa shape index (κ2) is 6.79. The van der Waals surface area contributed by atoms with Gasteiger partial charge in [-0.25, -0.2) is 4.79 Å². The highest BCUT2D eigenvalue weighted by atomic mass is 16.5. The lowest BCUT2D eigenvalue weighted by atomic mass is 10.0. The number of nitrogens with one attached hydrogen (secondary N) is 3. The molecule has 6 heteroatoms. The lowest BCUT2D eigenvalue weighted by Crippen LogP contribution is -2.42. The number of urea groups is 1. The van der Waals surface area contributed by atoms with Crippen molar-refractivity contribution in [3.8, 4) is 5.75 Å². The van der Waals surface area contributed by atoms with Crippen molar-refractivity contribution in [2.24, 2.45) is 0 Å². The first kappa shape index (κ1) is 14.2. The van der Waals surface area contributed by atoms with Gasteiger partial charge in [0.1, 0.15) is 5.75 Å². The summed E-state index contributed by atoms with van der Waals surface area (Å²) in [5.74, 6) is 0.716. The fourth-order valence-corrected chi connectivity index (χ4v) is 2.12. The van der Waals surface area contributed by atoms with E-state index >= 15 is 0 Å². The van der Waals surface area contributed by atoms with Crippen LogP contribution >= 0.6 is 0 Å². The van der Waals surface area contributed by atoms with Crippen LogP contribution in [0.5, 0.6) is 5.75 Å². The third-order valence-electron chi connectivity index (χ3n) is 3.05. The topological polar surface area (TPSA) is 79.5 Å². The van der Waals surface area contributed by atoms with Crippen molar-refractivity contribution < 1.29 is 14.3 Å². The van der Waals surface area contributed by atoms with E-state index in [0.29, 0.717) is 19.7 Å². The number of ether oxygens (including phenoxy) is 1. The minimum atomic E-state index is -0.239. The Hall–Kier alpha value is -2.24. The molecule has 1 aromatic rings. The largest absolute Gasteiger partial charge is 0.493 e. The molecule has 1 aliphatic heterocycles. The monoisotopic (exact) mass is 277 g/mol. The van der Waals surface area contributed by atoms with E-state index in [9.17, 15) is 9.59 Å². The third-order valence-corrected chi connectivity index (χ3v) is 3.05. The number of carbonyl (C=O) groups excluding carboxylic acids is 2. The maximum absolute atomic E-state index is 11.8. The Kier molecular flexibility index (Phi) is 4.81. The molecule has 6 nitrogen and oxygen atoms in total. The molecule has 2 rings (SSSR count). The van der Waals surface area contributed by atoms with Crippen LogP contribution in [0.25, 0.3) is 0 Å². The van der Waals surface area contributed by atoms with Crippen LogP contribution in [0.1, 0.15) is 24.9 Å². The summed E-state index contributed by atoms with van der Waals surface area (Å²) in [6.07, 6.45) is 0.746. The summed E-state index contributed by atoms with van der Waals surface area (Å²) < 4.78 is 5.54. The summed E-state index contributed by atoms with van der Waals surface area (Å²) in [6, 6.07) is 7.41. The normalized spacial score (nSPS) is 16.6. The number of benzene rings is 1. The molecule has 0 saturated heterocycles. The number of para-hydroxylation sites is 1. The van der Waals surface area contributed by atoms with Crippen LogP contribution in [0.4, 0.5) is 4.79 Å². The fourth-order valence-electron chi connectivity index (χ4n) is 2.12. The van der Waals surface area contributed by atoms with E-state index < -0.39 is 0 Å². The second-order valence-electron chi connectivity index (χ2n) is 4.61. The van der Waals surface area contributed by atoms with Gasteiger partial charge in [0.05, 0.1) is 12.6 Å². The maximum atomic E-state index is 11.8. The van der Waals surface area contributed by atoms with Gasteiger partial charge in [0.15, 0.2) is 0 Å². The molecule has 0 fully saturated rings. The van der Waals surface area contributed by atoms with Crippen molar-refractivity contribution in [3.05, 3.63) is 29.8 Å². The molecule has 0 radical (unpaired) electrons. The molecule has 1 atom stereocenters. The van der Waals surface area contributed by atoms with Crippen LogP contribution in [-0.2, 0) is 4.79 Å². The van der Waals surface area contributed by atoms with Gasteiger partial charge in [-0.3, -0.25) is 4.79 Å². The van der Waals surface area contributed by atoms with Gasteiger partial charge in [0.25, 0.3) is 0 Å². The van der Waals surface area contributed by atoms with E-state index in [-0.39, 0.29) is 18.0 Å². The Morgan fingerprint density at radius 3 is 2.80 bits per heavy atom. The molecule has 108 valence electrons. The molecule has 0 spiro atoms. The van der Waals surface area contributed by atoms with Gasteiger partial charge < -0.3 is 20.7 Å². The lowest BCUT2D eigenvalue weighted by Gasteiger charge is -2.26. The Bertz CT molecular complexity index is 490. The van der Waals surface area contributed by atoms with E-state index in [2.05, 4.69) is 16.0 Å². The molecule has 0 aliphatic carbocycles. The van der Waals surface area contributed by atoms with Crippen LogP contribution in [0.15, 0.2) is 24.3 Å². The molecule has 1 aliphatic rings. The van der Waals surface area contributed by atoms with Crippen LogP contribution in [-0.4, -0.2) is 31.6 Å². The van der Waals surface area contributed by atoms with Crippen LogP contribution in [0.3, 0.4) is 0 Å². The molecule has 20 heavy (non-hydrogen) atoms. The number of carbonyl (C=O) groups is 2. The molecule has 0 aromatic heterocycles. The Morgan fingerprint density at radius 1 is 1.25 bits per heavy atom. The van der Waals surface area contributed by atoms with E-state index in [4.69, 9.17) is 4.74 Å². The van der Waals surface area contributed by atoms with Gasteiger partial charge in [0.2, 0.25) is 5.91 Å². The Morgan fingerprint density at radius 2 is 2.00 bits per heavy atom. The van der Waals surface area contributed by atoms with E-state index in [1.165, 1.54) is 6.92 Å². The highest BCUT2D eigenvalue weighted by Crippen LogP contribution is 2.31. The summed E-state index contributed by atoms with van der Waals surface area (Å²) in [5.41, 5.74) is 0.996. The highest BCUT2D eigenvalue weighted by Gasteiger charge is 2.22. The maximum Gasteiger partial charge on any atom is 0.315 e. The Labute approximate surface area is 117 Å². The average molecular weight is 277 g/mol. The predicted octanol–water partition coefficient (Wildman–Crippen LogP) is 0.945. The van der Waals surface area contributed by atoms with Crippen LogP contribution < -0.4 is 20.7 Å². The van der Waals surface area contributed by atoms with Crippen molar-refractivity contribution in [2.75, 3.05) is 19.7 Å².